The van der Waals surface area contributed by atoms with Gasteiger partial charge in [0.1, 0.15) is 6.10 Å². The zero-order valence-corrected chi connectivity index (χ0v) is 14.3. The molecule has 24 heavy (non-hydrogen) atoms. The summed E-state index contributed by atoms with van der Waals surface area (Å²) < 4.78 is 10.8. The fourth-order valence-electron chi connectivity index (χ4n) is 6.44. The molecule has 0 radical (unpaired) electrons. The number of likely N-dealkylation sites (tertiary alicyclic amines) is 1. The Labute approximate surface area is 141 Å². The van der Waals surface area contributed by atoms with Crippen molar-refractivity contribution >= 4 is 5.78 Å². The van der Waals surface area contributed by atoms with E-state index >= 15 is 0 Å². The minimum atomic E-state index is -0.303. The van der Waals surface area contributed by atoms with Crippen LogP contribution < -0.4 is 4.74 Å². The average Bonchev–Trinajstić information content (AvgIpc) is 2.99. The van der Waals surface area contributed by atoms with Gasteiger partial charge in [-0.2, -0.15) is 0 Å². The molecule has 1 aromatic carbocycles. The first kappa shape index (κ1) is 14.7. The van der Waals surface area contributed by atoms with Crippen molar-refractivity contribution in [2.45, 2.75) is 48.8 Å². The Bertz CT molecular complexity index is 762. The van der Waals surface area contributed by atoms with Crippen molar-refractivity contribution in [2.24, 2.45) is 5.92 Å². The van der Waals surface area contributed by atoms with E-state index in [2.05, 4.69) is 18.0 Å². The number of rotatable bonds is 2. The van der Waals surface area contributed by atoms with Crippen LogP contribution in [-0.2, 0) is 21.4 Å². The molecule has 2 spiro atoms. The predicted molar refractivity (Wildman–Crippen MR) is 87.5 cm³/mol. The zero-order chi connectivity index (χ0) is 16.9. The topological polar surface area (TPSA) is 58.8 Å². The molecule has 1 heterocycles. The van der Waals surface area contributed by atoms with Crippen molar-refractivity contribution in [3.63, 3.8) is 0 Å². The molecule has 128 valence electrons. The van der Waals surface area contributed by atoms with Gasteiger partial charge in [-0.1, -0.05) is 6.07 Å². The van der Waals surface area contributed by atoms with Crippen LogP contribution in [0.5, 0.6) is 11.5 Å². The molecule has 0 aromatic heterocycles. The third kappa shape index (κ3) is 1.43. The van der Waals surface area contributed by atoms with Crippen LogP contribution in [0.1, 0.15) is 30.4 Å². The molecule has 0 amide bonds. The molecule has 5 nitrogen and oxygen atoms in total. The van der Waals surface area contributed by atoms with Gasteiger partial charge in [-0.05, 0) is 43.9 Å². The summed E-state index contributed by atoms with van der Waals surface area (Å²) in [4.78, 5) is 15.2. The molecule has 1 N–H and O–H groups in total. The Morgan fingerprint density at radius 3 is 2.79 bits per heavy atom. The number of Topliss-reactive ketones (excluding diaryl/α,β-unsaturated/α-hetero) is 1. The molecule has 2 bridgehead atoms. The molecule has 1 saturated heterocycles. The third-order valence-electron chi connectivity index (χ3n) is 7.36. The number of likely N-dealkylation sites (N-methyl/N-ethyl adjacent to an activating group) is 1. The van der Waals surface area contributed by atoms with E-state index in [0.29, 0.717) is 24.1 Å². The Morgan fingerprint density at radius 1 is 1.29 bits per heavy atom. The first-order valence-electron chi connectivity index (χ1n) is 8.66. The highest BCUT2D eigenvalue weighted by atomic mass is 16.5. The van der Waals surface area contributed by atoms with Crippen LogP contribution in [0.3, 0.4) is 0 Å². The highest BCUT2D eigenvalue weighted by molar-refractivity contribution is 5.87. The summed E-state index contributed by atoms with van der Waals surface area (Å²) in [5, 5.41) is 10.9. The quantitative estimate of drug-likeness (QED) is 0.836. The van der Waals surface area contributed by atoms with Gasteiger partial charge in [0.05, 0.1) is 7.11 Å². The molecular formula is C19H23NO4. The lowest BCUT2D eigenvalue weighted by molar-refractivity contribution is -0.136. The number of carbonyl (C=O) groups is 1. The van der Waals surface area contributed by atoms with Gasteiger partial charge in [0, 0.05) is 36.1 Å². The molecule has 4 aliphatic rings. The van der Waals surface area contributed by atoms with Gasteiger partial charge in [-0.3, -0.25) is 9.69 Å². The number of carbonyl (C=O) groups excluding carboxylic acids is 1. The van der Waals surface area contributed by atoms with Gasteiger partial charge in [0.2, 0.25) is 0 Å². The van der Waals surface area contributed by atoms with Gasteiger partial charge in [-0.15, -0.1) is 0 Å². The minimum absolute atomic E-state index is 0.168. The van der Waals surface area contributed by atoms with Crippen molar-refractivity contribution in [1.82, 2.24) is 4.90 Å². The molecule has 5 heteroatoms. The fourth-order valence-corrected chi connectivity index (χ4v) is 6.44. The van der Waals surface area contributed by atoms with E-state index in [0.717, 1.165) is 24.8 Å². The molecule has 3 fully saturated rings. The molecule has 6 atom stereocenters. The first-order chi connectivity index (χ1) is 11.5. The van der Waals surface area contributed by atoms with Gasteiger partial charge < -0.3 is 14.6 Å². The third-order valence-corrected chi connectivity index (χ3v) is 7.36. The number of phenolic OH excluding ortho intramolecular Hbond substituents is 1. The van der Waals surface area contributed by atoms with E-state index in [-0.39, 0.29) is 28.6 Å². The minimum Gasteiger partial charge on any atom is -0.504 e. The van der Waals surface area contributed by atoms with Crippen LogP contribution in [0.2, 0.25) is 0 Å². The maximum atomic E-state index is 12.7. The number of piperidine rings is 1. The van der Waals surface area contributed by atoms with Crippen LogP contribution in [0.15, 0.2) is 12.1 Å². The number of ketones is 1. The lowest BCUT2D eigenvalue weighted by Gasteiger charge is -2.47. The summed E-state index contributed by atoms with van der Waals surface area (Å²) in [5.41, 5.74) is 2.07. The monoisotopic (exact) mass is 329 g/mol. The predicted octanol–water partition coefficient (Wildman–Crippen LogP) is 1.65. The van der Waals surface area contributed by atoms with E-state index in [4.69, 9.17) is 9.47 Å². The second-order valence-electron chi connectivity index (χ2n) is 8.03. The number of aromatic hydroxyl groups is 1. The maximum absolute atomic E-state index is 12.7. The van der Waals surface area contributed by atoms with Crippen LogP contribution in [0, 0.1) is 5.92 Å². The largest absolute Gasteiger partial charge is 0.504 e. The summed E-state index contributed by atoms with van der Waals surface area (Å²) >= 11 is 0. The van der Waals surface area contributed by atoms with Crippen molar-refractivity contribution in [3.05, 3.63) is 23.3 Å². The molecule has 2 saturated carbocycles. The Balaban J connectivity index is 1.72. The number of hydrogen-bond acceptors (Lipinski definition) is 5. The van der Waals surface area contributed by atoms with Crippen LogP contribution in [0.4, 0.5) is 0 Å². The zero-order valence-electron chi connectivity index (χ0n) is 14.3. The van der Waals surface area contributed by atoms with E-state index in [1.165, 1.54) is 5.56 Å². The number of nitrogens with zero attached hydrogens (tertiary/aromatic N) is 1. The fraction of sp³-hybridized carbons (Fsp3) is 0.632. The molecular weight excluding hydrogens is 306 g/mol. The highest BCUT2D eigenvalue weighted by Gasteiger charge is 2.78. The van der Waals surface area contributed by atoms with E-state index in [1.807, 2.05) is 6.07 Å². The van der Waals surface area contributed by atoms with Gasteiger partial charge in [0.15, 0.2) is 17.3 Å². The Hall–Kier alpha value is -1.59. The van der Waals surface area contributed by atoms with Crippen LogP contribution in [-0.4, -0.2) is 54.7 Å². The number of hydrogen-bond donors (Lipinski definition) is 1. The van der Waals surface area contributed by atoms with Gasteiger partial charge in [-0.25, -0.2) is 0 Å². The standard InChI is InChI=1S/C19H23NO4/c1-20-17-11-6-14(24-3)12(21)8-18(11)9-19(17,20)7-10-4-5-13(23-2)16(22)15(10)18/h4-5,11,14,17,22H,6-9H2,1-3H3/t11-,14?,17?,18+,19-,20?/m1/s1. The number of fused-ring (bicyclic) bond motifs is 2. The Kier molecular flexibility index (Phi) is 2.65. The van der Waals surface area contributed by atoms with Crippen LogP contribution >= 0.6 is 0 Å². The number of methoxy groups -OCH3 is 2. The maximum Gasteiger partial charge on any atom is 0.162 e. The summed E-state index contributed by atoms with van der Waals surface area (Å²) in [6.45, 7) is 0. The van der Waals surface area contributed by atoms with Crippen molar-refractivity contribution in [3.8, 4) is 11.5 Å². The second-order valence-corrected chi connectivity index (χ2v) is 8.03. The summed E-state index contributed by atoms with van der Waals surface area (Å²) in [6, 6.07) is 4.41. The van der Waals surface area contributed by atoms with Gasteiger partial charge >= 0.3 is 0 Å². The van der Waals surface area contributed by atoms with Crippen molar-refractivity contribution in [1.29, 1.82) is 0 Å². The van der Waals surface area contributed by atoms with E-state index < -0.39 is 0 Å². The number of benzene rings is 1. The number of ether oxygens (including phenoxy) is 2. The van der Waals surface area contributed by atoms with Gasteiger partial charge in [0.25, 0.3) is 0 Å². The second kappa shape index (κ2) is 4.33. The van der Waals surface area contributed by atoms with E-state index in [9.17, 15) is 9.90 Å². The molecule has 3 aliphatic carbocycles. The highest BCUT2D eigenvalue weighted by Crippen LogP contribution is 2.72. The lowest BCUT2D eigenvalue weighted by atomic mass is 9.59. The average molecular weight is 329 g/mol. The van der Waals surface area contributed by atoms with E-state index in [1.54, 1.807) is 14.2 Å². The molecule has 3 unspecified atom stereocenters. The molecule has 1 aliphatic heterocycles. The van der Waals surface area contributed by atoms with Crippen molar-refractivity contribution < 1.29 is 19.4 Å². The van der Waals surface area contributed by atoms with Crippen LogP contribution in [0.25, 0.3) is 0 Å². The summed E-state index contributed by atoms with van der Waals surface area (Å²) in [7, 11) is 5.40. The summed E-state index contributed by atoms with van der Waals surface area (Å²) in [6.07, 6.45) is 2.83. The SMILES string of the molecule is COc1ccc2c(c1O)[C@]13CC(=O)C(OC)C[C@@H]1C1N(C)[C@]1(C2)C3. The molecule has 5 rings (SSSR count). The number of phenols is 1. The molecule has 1 aromatic rings. The first-order valence-corrected chi connectivity index (χ1v) is 8.66. The lowest BCUT2D eigenvalue weighted by Crippen LogP contribution is -2.50. The Morgan fingerprint density at radius 2 is 2.08 bits per heavy atom. The van der Waals surface area contributed by atoms with Crippen molar-refractivity contribution in [2.75, 3.05) is 21.3 Å². The smallest absolute Gasteiger partial charge is 0.162 e. The summed E-state index contributed by atoms with van der Waals surface area (Å²) in [5.74, 6) is 1.27. The normalized spacial score (nSPS) is 44.5.